The molecule has 1 aromatic heterocycles. The van der Waals surface area contributed by atoms with E-state index in [0.717, 1.165) is 37.4 Å². The van der Waals surface area contributed by atoms with Gasteiger partial charge in [-0.1, -0.05) is 38.5 Å². The van der Waals surface area contributed by atoms with Crippen molar-refractivity contribution in [2.75, 3.05) is 5.75 Å². The average molecular weight is 258 g/mol. The summed E-state index contributed by atoms with van der Waals surface area (Å²) in [5.41, 5.74) is 0. The molecular formula is C11H18N2O3S. The smallest absolute Gasteiger partial charge is 0.314 e. The first-order chi connectivity index (χ1) is 8.17. The van der Waals surface area contributed by atoms with Gasteiger partial charge in [0, 0.05) is 5.92 Å². The van der Waals surface area contributed by atoms with Crippen molar-refractivity contribution in [2.45, 2.75) is 50.7 Å². The molecule has 0 aliphatic carbocycles. The van der Waals surface area contributed by atoms with Gasteiger partial charge in [0.1, 0.15) is 5.75 Å². The number of carboxylic acid groups (broad SMARTS) is 1. The largest absolute Gasteiger partial charge is 0.481 e. The molecule has 0 spiro atoms. The average Bonchev–Trinajstić information content (AvgIpc) is 2.76. The minimum atomic E-state index is -0.882. The molecule has 0 aliphatic heterocycles. The summed E-state index contributed by atoms with van der Waals surface area (Å²) in [6.45, 7) is 4.24. The van der Waals surface area contributed by atoms with Crippen LogP contribution in [0.5, 0.6) is 0 Å². The summed E-state index contributed by atoms with van der Waals surface area (Å²) in [5, 5.41) is 16.7. The van der Waals surface area contributed by atoms with Crippen molar-refractivity contribution in [1.82, 2.24) is 10.2 Å². The zero-order chi connectivity index (χ0) is 12.7. The molecule has 5 nitrogen and oxygen atoms in total. The molecule has 0 saturated carbocycles. The van der Waals surface area contributed by atoms with Crippen LogP contribution >= 0.6 is 11.8 Å². The Kier molecular flexibility index (Phi) is 6.04. The van der Waals surface area contributed by atoms with Crippen LogP contribution < -0.4 is 0 Å². The zero-order valence-corrected chi connectivity index (χ0v) is 11.0. The molecule has 0 aromatic carbocycles. The highest BCUT2D eigenvalue weighted by Crippen LogP contribution is 2.26. The number of aliphatic carboxylic acids is 1. The van der Waals surface area contributed by atoms with Crippen LogP contribution in [0.3, 0.4) is 0 Å². The standard InChI is InChI=1S/C11H18N2O3S/c1-3-5-6-8(4-2)10-12-13-11(16-10)17-7-9(14)15/h8H,3-7H2,1-2H3,(H,14,15). The normalized spacial score (nSPS) is 12.6. The van der Waals surface area contributed by atoms with Crippen molar-refractivity contribution in [3.63, 3.8) is 0 Å². The minimum absolute atomic E-state index is 0.0482. The van der Waals surface area contributed by atoms with Gasteiger partial charge in [0.15, 0.2) is 0 Å². The van der Waals surface area contributed by atoms with Crippen molar-refractivity contribution in [3.8, 4) is 0 Å². The maximum atomic E-state index is 10.4. The van der Waals surface area contributed by atoms with Crippen LogP contribution in [0.1, 0.15) is 51.3 Å². The molecule has 1 aromatic rings. The molecule has 0 radical (unpaired) electrons. The summed E-state index contributed by atoms with van der Waals surface area (Å²) in [7, 11) is 0. The lowest BCUT2D eigenvalue weighted by Crippen LogP contribution is -1.97. The van der Waals surface area contributed by atoms with Crippen molar-refractivity contribution in [1.29, 1.82) is 0 Å². The third-order valence-corrected chi connectivity index (χ3v) is 3.29. The van der Waals surface area contributed by atoms with Gasteiger partial charge >= 0.3 is 5.97 Å². The van der Waals surface area contributed by atoms with E-state index < -0.39 is 5.97 Å². The second-order valence-corrected chi connectivity index (χ2v) is 4.76. The predicted molar refractivity (Wildman–Crippen MR) is 65.2 cm³/mol. The van der Waals surface area contributed by atoms with Crippen LogP contribution in [-0.4, -0.2) is 27.0 Å². The summed E-state index contributed by atoms with van der Waals surface area (Å²) in [5.74, 6) is -0.00356. The number of aromatic nitrogens is 2. The number of carbonyl (C=O) groups is 1. The van der Waals surface area contributed by atoms with Crippen LogP contribution in [0, 0.1) is 0 Å². The summed E-state index contributed by atoms with van der Waals surface area (Å²) >= 11 is 1.06. The summed E-state index contributed by atoms with van der Waals surface area (Å²) in [6, 6.07) is 0. The minimum Gasteiger partial charge on any atom is -0.481 e. The van der Waals surface area contributed by atoms with Gasteiger partial charge in [-0.15, -0.1) is 10.2 Å². The number of rotatable bonds is 8. The molecule has 0 saturated heterocycles. The second kappa shape index (κ2) is 7.32. The molecule has 0 amide bonds. The Balaban J connectivity index is 2.55. The fourth-order valence-corrected chi connectivity index (χ4v) is 2.01. The lowest BCUT2D eigenvalue weighted by atomic mass is 10.00. The van der Waals surface area contributed by atoms with Crippen molar-refractivity contribution in [2.24, 2.45) is 0 Å². The van der Waals surface area contributed by atoms with Gasteiger partial charge < -0.3 is 9.52 Å². The van der Waals surface area contributed by atoms with E-state index in [1.807, 2.05) is 0 Å². The van der Waals surface area contributed by atoms with Gasteiger partial charge in [-0.25, -0.2) is 0 Å². The lowest BCUT2D eigenvalue weighted by Gasteiger charge is -2.08. The number of hydrogen-bond acceptors (Lipinski definition) is 5. The van der Waals surface area contributed by atoms with Gasteiger partial charge in [0.2, 0.25) is 5.89 Å². The molecule has 0 bridgehead atoms. The first-order valence-corrected chi connectivity index (χ1v) is 6.83. The third-order valence-electron chi connectivity index (χ3n) is 2.49. The topological polar surface area (TPSA) is 76.2 Å². The molecule has 96 valence electrons. The van der Waals surface area contributed by atoms with Crippen molar-refractivity contribution < 1.29 is 14.3 Å². The fourth-order valence-electron chi connectivity index (χ4n) is 1.52. The Labute approximate surface area is 105 Å². The Hall–Kier alpha value is -1.04. The highest BCUT2D eigenvalue weighted by Gasteiger charge is 2.17. The predicted octanol–water partition coefficient (Wildman–Crippen LogP) is 2.93. The Morgan fingerprint density at radius 3 is 2.82 bits per heavy atom. The van der Waals surface area contributed by atoms with Gasteiger partial charge in [-0.2, -0.15) is 0 Å². The number of carboxylic acids is 1. The molecule has 6 heteroatoms. The van der Waals surface area contributed by atoms with Crippen LogP contribution in [-0.2, 0) is 4.79 Å². The van der Waals surface area contributed by atoms with Gasteiger partial charge in [-0.05, 0) is 12.8 Å². The molecule has 0 aliphatic rings. The third kappa shape index (κ3) is 4.77. The first kappa shape index (κ1) is 14.0. The van der Waals surface area contributed by atoms with E-state index in [0.29, 0.717) is 17.0 Å². The zero-order valence-electron chi connectivity index (χ0n) is 10.2. The van der Waals surface area contributed by atoms with Crippen LogP contribution in [0.25, 0.3) is 0 Å². The second-order valence-electron chi connectivity index (χ2n) is 3.84. The molecule has 1 atom stereocenters. The summed E-state index contributed by atoms with van der Waals surface area (Å²) in [4.78, 5) is 10.4. The SMILES string of the molecule is CCCCC(CC)c1nnc(SCC(=O)O)o1. The van der Waals surface area contributed by atoms with Crippen molar-refractivity contribution >= 4 is 17.7 Å². The van der Waals surface area contributed by atoms with E-state index in [4.69, 9.17) is 9.52 Å². The number of nitrogens with zero attached hydrogens (tertiary/aromatic N) is 2. The molecule has 17 heavy (non-hydrogen) atoms. The Morgan fingerprint density at radius 1 is 1.47 bits per heavy atom. The van der Waals surface area contributed by atoms with Crippen LogP contribution in [0.2, 0.25) is 0 Å². The highest BCUT2D eigenvalue weighted by atomic mass is 32.2. The molecule has 0 fully saturated rings. The number of unbranched alkanes of at least 4 members (excludes halogenated alkanes) is 1. The highest BCUT2D eigenvalue weighted by molar-refractivity contribution is 7.99. The number of hydrogen-bond donors (Lipinski definition) is 1. The maximum Gasteiger partial charge on any atom is 0.314 e. The van der Waals surface area contributed by atoms with Crippen LogP contribution in [0.15, 0.2) is 9.64 Å². The monoisotopic (exact) mass is 258 g/mol. The molecule has 1 rings (SSSR count). The van der Waals surface area contributed by atoms with Gasteiger partial charge in [0.05, 0.1) is 0 Å². The van der Waals surface area contributed by atoms with E-state index in [1.165, 1.54) is 0 Å². The van der Waals surface area contributed by atoms with E-state index in [1.54, 1.807) is 0 Å². The van der Waals surface area contributed by atoms with E-state index in [-0.39, 0.29) is 5.75 Å². The quantitative estimate of drug-likeness (QED) is 0.722. The molecule has 1 heterocycles. The lowest BCUT2D eigenvalue weighted by molar-refractivity contribution is -0.133. The molecule has 1 unspecified atom stereocenters. The molecular weight excluding hydrogens is 240 g/mol. The van der Waals surface area contributed by atoms with Gasteiger partial charge in [-0.3, -0.25) is 4.79 Å². The Morgan fingerprint density at radius 2 is 2.24 bits per heavy atom. The van der Waals surface area contributed by atoms with Crippen molar-refractivity contribution in [3.05, 3.63) is 5.89 Å². The van der Waals surface area contributed by atoms with E-state index in [9.17, 15) is 4.79 Å². The first-order valence-electron chi connectivity index (χ1n) is 5.85. The maximum absolute atomic E-state index is 10.4. The molecule has 1 N–H and O–H groups in total. The fraction of sp³-hybridized carbons (Fsp3) is 0.727. The van der Waals surface area contributed by atoms with E-state index in [2.05, 4.69) is 24.0 Å². The van der Waals surface area contributed by atoms with E-state index >= 15 is 0 Å². The Bertz CT molecular complexity index is 354. The van der Waals surface area contributed by atoms with Crippen LogP contribution in [0.4, 0.5) is 0 Å². The summed E-state index contributed by atoms with van der Waals surface area (Å²) in [6.07, 6.45) is 4.28. The summed E-state index contributed by atoms with van der Waals surface area (Å²) < 4.78 is 5.46. The number of thioether (sulfide) groups is 1. The van der Waals surface area contributed by atoms with Gasteiger partial charge in [0.25, 0.3) is 5.22 Å².